The molecule has 0 fully saturated rings. The summed E-state index contributed by atoms with van der Waals surface area (Å²) in [5.41, 5.74) is 2.73. The first-order valence-electron chi connectivity index (χ1n) is 8.30. The minimum atomic E-state index is -0.609. The third-order valence-electron chi connectivity index (χ3n) is 4.09. The van der Waals surface area contributed by atoms with Crippen LogP contribution in [-0.2, 0) is 11.2 Å². The van der Waals surface area contributed by atoms with Crippen molar-refractivity contribution in [1.82, 2.24) is 35.5 Å². The van der Waals surface area contributed by atoms with Crippen LogP contribution in [0, 0.1) is 0 Å². The minimum Gasteiger partial charge on any atom is -0.353 e. The fourth-order valence-electron chi connectivity index (χ4n) is 2.87. The van der Waals surface area contributed by atoms with Crippen LogP contribution in [0.15, 0.2) is 60.9 Å². The SMILES string of the molecule is O=C(NCCc1nc2ccccc2[nH]1)[C@H](c1ccccc1)n1cnnn1. The molecular formula is C18H17N7O. The highest BCUT2D eigenvalue weighted by Gasteiger charge is 2.23. The zero-order valence-corrected chi connectivity index (χ0v) is 13.9. The molecule has 26 heavy (non-hydrogen) atoms. The molecule has 2 aromatic heterocycles. The number of nitrogens with one attached hydrogen (secondary N) is 2. The third kappa shape index (κ3) is 3.30. The molecule has 0 saturated heterocycles. The molecule has 4 aromatic rings. The second-order valence-electron chi connectivity index (χ2n) is 5.84. The molecule has 8 nitrogen and oxygen atoms in total. The quantitative estimate of drug-likeness (QED) is 0.550. The van der Waals surface area contributed by atoms with E-state index in [-0.39, 0.29) is 5.91 Å². The summed E-state index contributed by atoms with van der Waals surface area (Å²) >= 11 is 0. The summed E-state index contributed by atoms with van der Waals surface area (Å²) in [6.07, 6.45) is 2.05. The average molecular weight is 347 g/mol. The van der Waals surface area contributed by atoms with Crippen LogP contribution >= 0.6 is 0 Å². The maximum atomic E-state index is 12.7. The maximum absolute atomic E-state index is 12.7. The number of amides is 1. The molecule has 1 amide bonds. The van der Waals surface area contributed by atoms with Gasteiger partial charge in [-0.25, -0.2) is 9.67 Å². The van der Waals surface area contributed by atoms with E-state index >= 15 is 0 Å². The predicted molar refractivity (Wildman–Crippen MR) is 95.2 cm³/mol. The highest BCUT2D eigenvalue weighted by Crippen LogP contribution is 2.17. The van der Waals surface area contributed by atoms with Crippen molar-refractivity contribution in [2.24, 2.45) is 0 Å². The van der Waals surface area contributed by atoms with Crippen molar-refractivity contribution >= 4 is 16.9 Å². The topological polar surface area (TPSA) is 101 Å². The van der Waals surface area contributed by atoms with Crippen molar-refractivity contribution in [3.8, 4) is 0 Å². The molecule has 0 saturated carbocycles. The molecule has 8 heteroatoms. The van der Waals surface area contributed by atoms with Gasteiger partial charge in [-0.05, 0) is 28.1 Å². The molecule has 4 rings (SSSR count). The Kier molecular flexibility index (Phi) is 4.38. The molecule has 2 aromatic carbocycles. The number of fused-ring (bicyclic) bond motifs is 1. The van der Waals surface area contributed by atoms with Crippen LogP contribution in [0.4, 0.5) is 0 Å². The van der Waals surface area contributed by atoms with Crippen molar-refractivity contribution in [3.05, 3.63) is 72.3 Å². The largest absolute Gasteiger partial charge is 0.353 e. The number of tetrazole rings is 1. The molecule has 0 aliphatic rings. The molecular weight excluding hydrogens is 330 g/mol. The van der Waals surface area contributed by atoms with Gasteiger partial charge in [0.15, 0.2) is 6.04 Å². The van der Waals surface area contributed by atoms with E-state index in [1.807, 2.05) is 54.6 Å². The van der Waals surface area contributed by atoms with Gasteiger partial charge in [-0.3, -0.25) is 4.79 Å². The summed E-state index contributed by atoms with van der Waals surface area (Å²) < 4.78 is 1.45. The summed E-state index contributed by atoms with van der Waals surface area (Å²) in [6, 6.07) is 16.7. The van der Waals surface area contributed by atoms with Gasteiger partial charge in [-0.1, -0.05) is 42.5 Å². The lowest BCUT2D eigenvalue weighted by molar-refractivity contribution is -0.123. The van der Waals surface area contributed by atoms with Crippen LogP contribution in [0.1, 0.15) is 17.4 Å². The molecule has 0 spiro atoms. The predicted octanol–water partition coefficient (Wildman–Crippen LogP) is 1.50. The van der Waals surface area contributed by atoms with E-state index in [1.54, 1.807) is 0 Å². The smallest absolute Gasteiger partial charge is 0.249 e. The number of hydrogen-bond acceptors (Lipinski definition) is 5. The number of aromatic amines is 1. The Labute approximate surface area is 149 Å². The normalized spacial score (nSPS) is 12.2. The molecule has 2 heterocycles. The summed E-state index contributed by atoms with van der Waals surface area (Å²) in [7, 11) is 0. The molecule has 0 unspecified atom stereocenters. The zero-order valence-electron chi connectivity index (χ0n) is 13.9. The third-order valence-corrected chi connectivity index (χ3v) is 4.09. The summed E-state index contributed by atoms with van der Waals surface area (Å²) in [5.74, 6) is 0.671. The number of H-pyrrole nitrogens is 1. The number of imidazole rings is 1. The van der Waals surface area contributed by atoms with Gasteiger partial charge >= 0.3 is 0 Å². The summed E-state index contributed by atoms with van der Waals surface area (Å²) in [4.78, 5) is 20.5. The van der Waals surface area contributed by atoms with Gasteiger partial charge < -0.3 is 10.3 Å². The second kappa shape index (κ2) is 7.14. The number of hydrogen-bond donors (Lipinski definition) is 2. The van der Waals surface area contributed by atoms with Crippen molar-refractivity contribution in [1.29, 1.82) is 0 Å². The van der Waals surface area contributed by atoms with Crippen LogP contribution in [0.3, 0.4) is 0 Å². The van der Waals surface area contributed by atoms with Crippen LogP contribution in [0.5, 0.6) is 0 Å². The number of para-hydroxylation sites is 2. The van der Waals surface area contributed by atoms with E-state index in [9.17, 15) is 4.79 Å². The van der Waals surface area contributed by atoms with Gasteiger partial charge in [-0.15, -0.1) is 5.10 Å². The lowest BCUT2D eigenvalue weighted by Gasteiger charge is -2.16. The molecule has 130 valence electrons. The fraction of sp³-hybridized carbons (Fsp3) is 0.167. The fourth-order valence-corrected chi connectivity index (χ4v) is 2.87. The number of rotatable bonds is 6. The van der Waals surface area contributed by atoms with Crippen molar-refractivity contribution in [3.63, 3.8) is 0 Å². The molecule has 0 radical (unpaired) electrons. The standard InChI is InChI=1S/C18H17N7O/c26-18(17(25-12-20-23-24-25)13-6-2-1-3-7-13)19-11-10-16-21-14-8-4-5-9-15(14)22-16/h1-9,12,17H,10-11H2,(H,19,26)(H,21,22)/t17-/m0/s1. The Balaban J connectivity index is 1.45. The van der Waals surface area contributed by atoms with Crippen LogP contribution in [0.2, 0.25) is 0 Å². The highest BCUT2D eigenvalue weighted by atomic mass is 16.2. The lowest BCUT2D eigenvalue weighted by atomic mass is 10.1. The average Bonchev–Trinajstić information content (AvgIpc) is 3.32. The second-order valence-corrected chi connectivity index (χ2v) is 5.84. The van der Waals surface area contributed by atoms with Crippen molar-refractivity contribution < 1.29 is 4.79 Å². The highest BCUT2D eigenvalue weighted by molar-refractivity contribution is 5.83. The number of nitrogens with zero attached hydrogens (tertiary/aromatic N) is 5. The Morgan fingerprint density at radius 1 is 1.12 bits per heavy atom. The molecule has 1 atom stereocenters. The van der Waals surface area contributed by atoms with Crippen molar-refractivity contribution in [2.75, 3.05) is 6.54 Å². The van der Waals surface area contributed by atoms with E-state index in [0.29, 0.717) is 13.0 Å². The summed E-state index contributed by atoms with van der Waals surface area (Å²) in [6.45, 7) is 0.462. The van der Waals surface area contributed by atoms with Crippen LogP contribution in [0.25, 0.3) is 11.0 Å². The van der Waals surface area contributed by atoms with E-state index in [2.05, 4.69) is 30.8 Å². The molecule has 2 N–H and O–H groups in total. The van der Waals surface area contributed by atoms with E-state index in [4.69, 9.17) is 0 Å². The number of carbonyl (C=O) groups is 1. The molecule has 0 bridgehead atoms. The van der Waals surface area contributed by atoms with Gasteiger partial charge in [0.1, 0.15) is 12.2 Å². The number of carbonyl (C=O) groups excluding carboxylic acids is 1. The number of benzene rings is 2. The van der Waals surface area contributed by atoms with Gasteiger partial charge in [0.25, 0.3) is 0 Å². The Hall–Kier alpha value is -3.55. The number of aromatic nitrogens is 6. The Morgan fingerprint density at radius 3 is 2.69 bits per heavy atom. The minimum absolute atomic E-state index is 0.167. The van der Waals surface area contributed by atoms with Crippen LogP contribution < -0.4 is 5.32 Å². The van der Waals surface area contributed by atoms with Gasteiger partial charge in [0.2, 0.25) is 5.91 Å². The monoisotopic (exact) mass is 347 g/mol. The lowest BCUT2D eigenvalue weighted by Crippen LogP contribution is -2.35. The first kappa shape index (κ1) is 15.9. The van der Waals surface area contributed by atoms with Crippen molar-refractivity contribution in [2.45, 2.75) is 12.5 Å². The first-order chi connectivity index (χ1) is 12.8. The van der Waals surface area contributed by atoms with E-state index in [0.717, 1.165) is 22.4 Å². The first-order valence-corrected chi connectivity index (χ1v) is 8.30. The maximum Gasteiger partial charge on any atom is 0.249 e. The Morgan fingerprint density at radius 2 is 1.92 bits per heavy atom. The van der Waals surface area contributed by atoms with E-state index < -0.39 is 6.04 Å². The zero-order chi connectivity index (χ0) is 17.8. The summed E-state index contributed by atoms with van der Waals surface area (Å²) in [5, 5.41) is 14.1. The Bertz CT molecular complexity index is 962. The van der Waals surface area contributed by atoms with Crippen LogP contribution in [-0.4, -0.2) is 42.6 Å². The molecule has 0 aliphatic heterocycles. The van der Waals surface area contributed by atoms with Gasteiger partial charge in [-0.2, -0.15) is 0 Å². The molecule has 0 aliphatic carbocycles. The van der Waals surface area contributed by atoms with Gasteiger partial charge in [0, 0.05) is 13.0 Å². The van der Waals surface area contributed by atoms with Gasteiger partial charge in [0.05, 0.1) is 11.0 Å². The van der Waals surface area contributed by atoms with E-state index in [1.165, 1.54) is 11.0 Å².